The first-order valence-electron chi connectivity index (χ1n) is 6.83. The van der Waals surface area contributed by atoms with Crippen LogP contribution in [0, 0.1) is 0 Å². The van der Waals surface area contributed by atoms with Crippen molar-refractivity contribution in [2.75, 3.05) is 0 Å². The second kappa shape index (κ2) is 5.85. The van der Waals surface area contributed by atoms with E-state index in [-0.39, 0.29) is 0 Å². The van der Waals surface area contributed by atoms with E-state index < -0.39 is 0 Å². The van der Waals surface area contributed by atoms with Gasteiger partial charge in [0.15, 0.2) is 0 Å². The standard InChI is InChI=1S/C15H18ClN3O/c1-19-9-11(7-18-19)10-20-15-12(3-2-4-14(15)16)8-17-13-5-6-13/h2-4,7,9,13,17H,5-6,8,10H2,1H3. The van der Waals surface area contributed by atoms with Crippen molar-refractivity contribution in [3.05, 3.63) is 46.7 Å². The van der Waals surface area contributed by atoms with Crippen LogP contribution in [0.15, 0.2) is 30.6 Å². The summed E-state index contributed by atoms with van der Waals surface area (Å²) in [7, 11) is 1.89. The summed E-state index contributed by atoms with van der Waals surface area (Å²) in [5.74, 6) is 0.770. The van der Waals surface area contributed by atoms with Gasteiger partial charge in [0.25, 0.3) is 0 Å². The summed E-state index contributed by atoms with van der Waals surface area (Å²) in [6.07, 6.45) is 6.29. The van der Waals surface area contributed by atoms with Gasteiger partial charge < -0.3 is 10.1 Å². The Morgan fingerprint density at radius 2 is 2.30 bits per heavy atom. The van der Waals surface area contributed by atoms with Crippen LogP contribution in [0.5, 0.6) is 5.75 Å². The Balaban J connectivity index is 1.69. The molecule has 0 amide bonds. The third-order valence-corrected chi connectivity index (χ3v) is 3.65. The van der Waals surface area contributed by atoms with Crippen LogP contribution in [0.4, 0.5) is 0 Å². The van der Waals surface area contributed by atoms with Crippen LogP contribution in [0.25, 0.3) is 0 Å². The van der Waals surface area contributed by atoms with E-state index in [1.54, 1.807) is 10.9 Å². The average molecular weight is 292 g/mol. The number of benzene rings is 1. The van der Waals surface area contributed by atoms with Crippen LogP contribution in [0.3, 0.4) is 0 Å². The van der Waals surface area contributed by atoms with E-state index in [0.29, 0.717) is 17.7 Å². The molecule has 106 valence electrons. The summed E-state index contributed by atoms with van der Waals surface area (Å²) in [4.78, 5) is 0. The van der Waals surface area contributed by atoms with Gasteiger partial charge >= 0.3 is 0 Å². The number of ether oxygens (including phenoxy) is 1. The van der Waals surface area contributed by atoms with Gasteiger partial charge in [-0.05, 0) is 18.9 Å². The van der Waals surface area contributed by atoms with Crippen molar-refractivity contribution in [1.82, 2.24) is 15.1 Å². The number of hydrogen-bond donors (Lipinski definition) is 1. The first-order valence-corrected chi connectivity index (χ1v) is 7.21. The highest BCUT2D eigenvalue weighted by Crippen LogP contribution is 2.30. The van der Waals surface area contributed by atoms with Gasteiger partial charge in [0.1, 0.15) is 12.4 Å². The summed E-state index contributed by atoms with van der Waals surface area (Å²) in [5.41, 5.74) is 2.14. The third kappa shape index (κ3) is 3.32. The lowest BCUT2D eigenvalue weighted by Crippen LogP contribution is -2.16. The van der Waals surface area contributed by atoms with Crippen molar-refractivity contribution in [3.8, 4) is 5.75 Å². The van der Waals surface area contributed by atoms with E-state index in [0.717, 1.165) is 23.4 Å². The van der Waals surface area contributed by atoms with Gasteiger partial charge in [-0.25, -0.2) is 0 Å². The molecule has 0 aliphatic heterocycles. The van der Waals surface area contributed by atoms with Crippen LogP contribution in [0.2, 0.25) is 5.02 Å². The molecule has 1 aromatic heterocycles. The van der Waals surface area contributed by atoms with Crippen LogP contribution < -0.4 is 10.1 Å². The molecule has 1 aliphatic carbocycles. The molecule has 0 spiro atoms. The molecule has 1 N–H and O–H groups in total. The van der Waals surface area contributed by atoms with E-state index in [1.165, 1.54) is 12.8 Å². The van der Waals surface area contributed by atoms with Crippen molar-refractivity contribution in [3.63, 3.8) is 0 Å². The van der Waals surface area contributed by atoms with Crippen LogP contribution in [-0.2, 0) is 20.2 Å². The molecule has 0 atom stereocenters. The van der Waals surface area contributed by atoms with E-state index in [1.807, 2.05) is 25.4 Å². The molecule has 0 bridgehead atoms. The highest BCUT2D eigenvalue weighted by Gasteiger charge is 2.21. The van der Waals surface area contributed by atoms with Gasteiger partial charge in [-0.3, -0.25) is 4.68 Å². The Morgan fingerprint density at radius 1 is 1.45 bits per heavy atom. The molecule has 1 aliphatic rings. The van der Waals surface area contributed by atoms with Gasteiger partial charge in [0.05, 0.1) is 11.2 Å². The Kier molecular flexibility index (Phi) is 3.94. The Hall–Kier alpha value is -1.52. The van der Waals surface area contributed by atoms with Gasteiger partial charge in [0, 0.05) is 37.0 Å². The first-order chi connectivity index (χ1) is 9.72. The molecule has 3 rings (SSSR count). The van der Waals surface area contributed by atoms with Gasteiger partial charge in [-0.2, -0.15) is 5.10 Å². The summed E-state index contributed by atoms with van der Waals surface area (Å²) in [6.45, 7) is 1.28. The molecular formula is C15H18ClN3O. The van der Waals surface area contributed by atoms with Crippen molar-refractivity contribution in [2.45, 2.75) is 32.0 Å². The number of para-hydroxylation sites is 1. The smallest absolute Gasteiger partial charge is 0.142 e. The van der Waals surface area contributed by atoms with E-state index in [4.69, 9.17) is 16.3 Å². The predicted molar refractivity (Wildman–Crippen MR) is 78.9 cm³/mol. The normalized spacial score (nSPS) is 14.5. The summed E-state index contributed by atoms with van der Waals surface area (Å²) >= 11 is 6.26. The lowest BCUT2D eigenvalue weighted by atomic mass is 10.2. The number of nitrogens with one attached hydrogen (secondary N) is 1. The molecule has 1 fully saturated rings. The fourth-order valence-electron chi connectivity index (χ4n) is 2.10. The van der Waals surface area contributed by atoms with Crippen molar-refractivity contribution in [2.24, 2.45) is 7.05 Å². The largest absolute Gasteiger partial charge is 0.487 e. The minimum Gasteiger partial charge on any atom is -0.487 e. The zero-order chi connectivity index (χ0) is 13.9. The van der Waals surface area contributed by atoms with Crippen molar-refractivity contribution < 1.29 is 4.74 Å². The number of aromatic nitrogens is 2. The second-order valence-corrected chi connectivity index (χ2v) is 5.60. The fraction of sp³-hybridized carbons (Fsp3) is 0.400. The topological polar surface area (TPSA) is 39.1 Å². The zero-order valence-corrected chi connectivity index (χ0v) is 12.2. The molecule has 5 heteroatoms. The van der Waals surface area contributed by atoms with Crippen LogP contribution in [-0.4, -0.2) is 15.8 Å². The number of halogens is 1. The van der Waals surface area contributed by atoms with E-state index >= 15 is 0 Å². The number of hydrogen-bond acceptors (Lipinski definition) is 3. The zero-order valence-electron chi connectivity index (χ0n) is 11.5. The lowest BCUT2D eigenvalue weighted by molar-refractivity contribution is 0.302. The number of rotatable bonds is 6. The molecule has 0 radical (unpaired) electrons. The maximum atomic E-state index is 6.26. The third-order valence-electron chi connectivity index (χ3n) is 3.35. The Bertz CT molecular complexity index is 593. The lowest BCUT2D eigenvalue weighted by Gasteiger charge is -2.13. The molecule has 20 heavy (non-hydrogen) atoms. The summed E-state index contributed by atoms with van der Waals surface area (Å²) in [5, 5.41) is 8.28. The van der Waals surface area contributed by atoms with Gasteiger partial charge in [-0.15, -0.1) is 0 Å². The molecule has 0 saturated heterocycles. The van der Waals surface area contributed by atoms with Gasteiger partial charge in [-0.1, -0.05) is 23.7 Å². The molecule has 4 nitrogen and oxygen atoms in total. The second-order valence-electron chi connectivity index (χ2n) is 5.19. The van der Waals surface area contributed by atoms with E-state index in [9.17, 15) is 0 Å². The Morgan fingerprint density at radius 3 is 3.00 bits per heavy atom. The predicted octanol–water partition coefficient (Wildman–Crippen LogP) is 2.90. The van der Waals surface area contributed by atoms with Crippen molar-refractivity contribution >= 4 is 11.6 Å². The van der Waals surface area contributed by atoms with E-state index in [2.05, 4.69) is 16.5 Å². The maximum Gasteiger partial charge on any atom is 0.142 e. The molecule has 1 aromatic carbocycles. The first kappa shape index (κ1) is 13.5. The maximum absolute atomic E-state index is 6.26. The average Bonchev–Trinajstić information content (AvgIpc) is 3.17. The fourth-order valence-corrected chi connectivity index (χ4v) is 2.35. The molecule has 2 aromatic rings. The molecular weight excluding hydrogens is 274 g/mol. The number of aryl methyl sites for hydroxylation is 1. The Labute approximate surface area is 123 Å². The summed E-state index contributed by atoms with van der Waals surface area (Å²) in [6, 6.07) is 6.55. The SMILES string of the molecule is Cn1cc(COc2c(Cl)cccc2CNC2CC2)cn1. The minimum atomic E-state index is 0.480. The number of nitrogens with zero attached hydrogens (tertiary/aromatic N) is 2. The van der Waals surface area contributed by atoms with Gasteiger partial charge in [0.2, 0.25) is 0 Å². The molecule has 1 heterocycles. The molecule has 0 unspecified atom stereocenters. The van der Waals surface area contributed by atoms with Crippen molar-refractivity contribution in [1.29, 1.82) is 0 Å². The van der Waals surface area contributed by atoms with Crippen LogP contribution in [0.1, 0.15) is 24.0 Å². The highest BCUT2D eigenvalue weighted by atomic mass is 35.5. The molecule has 1 saturated carbocycles. The van der Waals surface area contributed by atoms with Crippen LogP contribution >= 0.6 is 11.6 Å². The minimum absolute atomic E-state index is 0.480. The monoisotopic (exact) mass is 291 g/mol. The quantitative estimate of drug-likeness (QED) is 0.889. The highest BCUT2D eigenvalue weighted by molar-refractivity contribution is 6.32. The summed E-state index contributed by atoms with van der Waals surface area (Å²) < 4.78 is 7.66.